The minimum absolute atomic E-state index is 0.271. The Balaban J connectivity index is 2.27. The van der Waals surface area contributed by atoms with E-state index in [4.69, 9.17) is 11.6 Å². The molecule has 0 bridgehead atoms. The van der Waals surface area contributed by atoms with Gasteiger partial charge >= 0.3 is 0 Å². The summed E-state index contributed by atoms with van der Waals surface area (Å²) in [5, 5.41) is 9.72. The van der Waals surface area contributed by atoms with Crippen LogP contribution in [0.2, 0.25) is 5.02 Å². The fourth-order valence-electron chi connectivity index (χ4n) is 2.47. The molecule has 2 heterocycles. The van der Waals surface area contributed by atoms with Crippen molar-refractivity contribution >= 4 is 35.1 Å². The minimum Gasteiger partial charge on any atom is -0.311 e. The molecular weight excluding hydrogens is 286 g/mol. The van der Waals surface area contributed by atoms with Crippen LogP contribution in [0.5, 0.6) is 0 Å². The summed E-state index contributed by atoms with van der Waals surface area (Å²) in [6, 6.07) is 0.271. The van der Waals surface area contributed by atoms with Gasteiger partial charge in [-0.05, 0) is 13.5 Å². The molecule has 0 amide bonds. The normalized spacial score (nSPS) is 26.2. The molecular formula is C12H20ClN3S2. The zero-order chi connectivity index (χ0) is 13.1. The standard InChI is InChI=1S/C12H20ClN3S2/c1-4-9-12(18-6-5-17-9)10(14-2)11-8(13)7-15-16(11)3/h7,9-10,12,14H,4-6H2,1-3H3. The molecule has 3 atom stereocenters. The van der Waals surface area contributed by atoms with Crippen molar-refractivity contribution < 1.29 is 0 Å². The van der Waals surface area contributed by atoms with E-state index in [0.717, 1.165) is 10.7 Å². The number of rotatable bonds is 4. The first-order valence-electron chi connectivity index (χ1n) is 6.26. The summed E-state index contributed by atoms with van der Waals surface area (Å²) in [4.78, 5) is 0. The van der Waals surface area contributed by atoms with Crippen molar-refractivity contribution in [1.82, 2.24) is 15.1 Å². The molecule has 0 radical (unpaired) electrons. The third-order valence-corrected chi connectivity index (χ3v) is 7.01. The van der Waals surface area contributed by atoms with Gasteiger partial charge < -0.3 is 5.32 Å². The molecule has 1 aromatic heterocycles. The fraction of sp³-hybridized carbons (Fsp3) is 0.750. The van der Waals surface area contributed by atoms with Gasteiger partial charge in [-0.1, -0.05) is 18.5 Å². The van der Waals surface area contributed by atoms with Gasteiger partial charge in [0.25, 0.3) is 0 Å². The van der Waals surface area contributed by atoms with Crippen molar-refractivity contribution in [1.29, 1.82) is 0 Å². The molecule has 6 heteroatoms. The van der Waals surface area contributed by atoms with Gasteiger partial charge in [-0.3, -0.25) is 4.68 Å². The quantitative estimate of drug-likeness (QED) is 0.926. The van der Waals surface area contributed by atoms with Gasteiger partial charge in [-0.15, -0.1) is 0 Å². The first kappa shape index (κ1) is 14.6. The fourth-order valence-corrected chi connectivity index (χ4v) is 6.02. The number of hydrogen-bond acceptors (Lipinski definition) is 4. The highest BCUT2D eigenvalue weighted by Gasteiger charge is 2.34. The maximum Gasteiger partial charge on any atom is 0.0834 e. The number of aryl methyl sites for hydroxylation is 1. The molecule has 1 fully saturated rings. The van der Waals surface area contributed by atoms with Crippen LogP contribution in [0.3, 0.4) is 0 Å². The van der Waals surface area contributed by atoms with Crippen LogP contribution in [0.15, 0.2) is 6.20 Å². The Morgan fingerprint density at radius 1 is 1.56 bits per heavy atom. The maximum atomic E-state index is 6.29. The van der Waals surface area contributed by atoms with Crippen LogP contribution < -0.4 is 5.32 Å². The average molecular weight is 306 g/mol. The first-order valence-corrected chi connectivity index (χ1v) is 8.74. The highest BCUT2D eigenvalue weighted by molar-refractivity contribution is 8.07. The Morgan fingerprint density at radius 3 is 2.83 bits per heavy atom. The Kier molecular flexibility index (Phi) is 5.30. The van der Waals surface area contributed by atoms with Crippen LogP contribution in [0.1, 0.15) is 25.1 Å². The summed E-state index contributed by atoms with van der Waals surface area (Å²) in [7, 11) is 3.98. The van der Waals surface area contributed by atoms with Crippen LogP contribution in [0, 0.1) is 0 Å². The lowest BCUT2D eigenvalue weighted by Gasteiger charge is -2.36. The highest BCUT2D eigenvalue weighted by Crippen LogP contribution is 2.41. The Labute approximate surface area is 122 Å². The van der Waals surface area contributed by atoms with Crippen molar-refractivity contribution in [2.75, 3.05) is 18.6 Å². The molecule has 3 unspecified atom stereocenters. The summed E-state index contributed by atoms with van der Waals surface area (Å²) < 4.78 is 1.90. The Morgan fingerprint density at radius 2 is 2.28 bits per heavy atom. The zero-order valence-corrected chi connectivity index (χ0v) is 13.4. The van der Waals surface area contributed by atoms with Crippen LogP contribution in [-0.2, 0) is 7.05 Å². The molecule has 0 spiro atoms. The van der Waals surface area contributed by atoms with Crippen LogP contribution >= 0.6 is 35.1 Å². The van der Waals surface area contributed by atoms with Gasteiger partial charge in [0.05, 0.1) is 23.0 Å². The van der Waals surface area contributed by atoms with E-state index < -0.39 is 0 Å². The average Bonchev–Trinajstić information content (AvgIpc) is 2.72. The van der Waals surface area contributed by atoms with Gasteiger partial charge in [0, 0.05) is 29.1 Å². The minimum atomic E-state index is 0.271. The van der Waals surface area contributed by atoms with Crippen LogP contribution in [-0.4, -0.2) is 38.8 Å². The monoisotopic (exact) mass is 305 g/mol. The third-order valence-electron chi connectivity index (χ3n) is 3.37. The second kappa shape index (κ2) is 6.55. The summed E-state index contributed by atoms with van der Waals surface area (Å²) in [6.07, 6.45) is 2.94. The van der Waals surface area contributed by atoms with E-state index in [1.54, 1.807) is 6.20 Å². The smallest absolute Gasteiger partial charge is 0.0834 e. The lowest BCUT2D eigenvalue weighted by molar-refractivity contribution is 0.505. The molecule has 1 aliphatic rings. The number of nitrogens with zero attached hydrogens (tertiary/aromatic N) is 2. The van der Waals surface area contributed by atoms with Crippen molar-refractivity contribution in [2.45, 2.75) is 29.9 Å². The van der Waals surface area contributed by atoms with Crippen molar-refractivity contribution in [2.24, 2.45) is 7.05 Å². The molecule has 1 N–H and O–H groups in total. The maximum absolute atomic E-state index is 6.29. The molecule has 3 nitrogen and oxygen atoms in total. The third kappa shape index (κ3) is 2.84. The number of aromatic nitrogens is 2. The van der Waals surface area contributed by atoms with Crippen molar-refractivity contribution in [3.63, 3.8) is 0 Å². The summed E-state index contributed by atoms with van der Waals surface area (Å²) in [5.74, 6) is 2.48. The van der Waals surface area contributed by atoms with E-state index in [-0.39, 0.29) is 6.04 Å². The van der Waals surface area contributed by atoms with Gasteiger partial charge in [-0.2, -0.15) is 28.6 Å². The van der Waals surface area contributed by atoms with E-state index in [2.05, 4.69) is 40.9 Å². The van der Waals surface area contributed by atoms with Crippen molar-refractivity contribution in [3.8, 4) is 0 Å². The van der Waals surface area contributed by atoms with Crippen LogP contribution in [0.4, 0.5) is 0 Å². The first-order chi connectivity index (χ1) is 8.69. The molecule has 1 saturated heterocycles. The number of nitrogens with one attached hydrogen (secondary N) is 1. The topological polar surface area (TPSA) is 29.9 Å². The molecule has 1 aromatic rings. The number of hydrogen-bond donors (Lipinski definition) is 1. The lowest BCUT2D eigenvalue weighted by Crippen LogP contribution is -2.38. The molecule has 0 aromatic carbocycles. The predicted octanol–water partition coefficient (Wildman–Crippen LogP) is 2.96. The zero-order valence-electron chi connectivity index (χ0n) is 11.0. The molecule has 2 rings (SSSR count). The second-order valence-electron chi connectivity index (χ2n) is 4.42. The molecule has 18 heavy (non-hydrogen) atoms. The molecule has 0 saturated carbocycles. The van der Waals surface area contributed by atoms with E-state index in [1.807, 2.05) is 18.8 Å². The SMILES string of the molecule is CCC1SCCSC1C(NC)c1c(Cl)cnn1C. The summed E-state index contributed by atoms with van der Waals surface area (Å²) in [5.41, 5.74) is 1.11. The van der Waals surface area contributed by atoms with Gasteiger partial charge in [0.2, 0.25) is 0 Å². The molecule has 102 valence electrons. The van der Waals surface area contributed by atoms with E-state index in [1.165, 1.54) is 17.9 Å². The molecule has 1 aliphatic heterocycles. The van der Waals surface area contributed by atoms with E-state index >= 15 is 0 Å². The Hall–Kier alpha value is 0.160. The van der Waals surface area contributed by atoms with Gasteiger partial charge in [-0.25, -0.2) is 0 Å². The molecule has 0 aliphatic carbocycles. The highest BCUT2D eigenvalue weighted by atomic mass is 35.5. The summed E-state index contributed by atoms with van der Waals surface area (Å²) >= 11 is 10.4. The summed E-state index contributed by atoms with van der Waals surface area (Å²) in [6.45, 7) is 2.27. The Bertz CT molecular complexity index is 377. The number of halogens is 1. The van der Waals surface area contributed by atoms with E-state index in [9.17, 15) is 0 Å². The van der Waals surface area contributed by atoms with Crippen LogP contribution in [0.25, 0.3) is 0 Å². The number of thioether (sulfide) groups is 2. The van der Waals surface area contributed by atoms with Crippen molar-refractivity contribution in [3.05, 3.63) is 16.9 Å². The largest absolute Gasteiger partial charge is 0.311 e. The lowest BCUT2D eigenvalue weighted by atomic mass is 10.1. The van der Waals surface area contributed by atoms with Gasteiger partial charge in [0.15, 0.2) is 0 Å². The predicted molar refractivity (Wildman–Crippen MR) is 82.8 cm³/mol. The second-order valence-corrected chi connectivity index (χ2v) is 7.46. The van der Waals surface area contributed by atoms with Gasteiger partial charge in [0.1, 0.15) is 0 Å². The van der Waals surface area contributed by atoms with E-state index in [0.29, 0.717) is 10.5 Å².